The maximum Gasteiger partial charge on any atom is 0.418 e. The lowest BCUT2D eigenvalue weighted by atomic mass is 10.1. The van der Waals surface area contributed by atoms with Gasteiger partial charge in [0.15, 0.2) is 0 Å². The second kappa shape index (κ2) is 5.85. The topological polar surface area (TPSA) is 57.3 Å². The van der Waals surface area contributed by atoms with Gasteiger partial charge in [0.2, 0.25) is 5.89 Å². The molecule has 2 heterocycles. The summed E-state index contributed by atoms with van der Waals surface area (Å²) in [7, 11) is 0. The molecule has 0 aliphatic rings. The molecule has 0 saturated heterocycles. The summed E-state index contributed by atoms with van der Waals surface area (Å²) in [6, 6.07) is 7.53. The molecular formula is C17H17BrN2O3. The molecule has 0 amide bonds. The number of carbonyl (C=O) groups is 1. The van der Waals surface area contributed by atoms with Crippen LogP contribution in [0.2, 0.25) is 0 Å². The molecule has 5 nitrogen and oxygen atoms in total. The molecule has 6 heteroatoms. The molecule has 0 atom stereocenters. The number of rotatable bonds is 2. The molecule has 0 unspecified atom stereocenters. The van der Waals surface area contributed by atoms with Gasteiger partial charge in [-0.1, -0.05) is 22.0 Å². The summed E-state index contributed by atoms with van der Waals surface area (Å²) in [4.78, 5) is 16.8. The van der Waals surface area contributed by atoms with Gasteiger partial charge < -0.3 is 9.15 Å². The van der Waals surface area contributed by atoms with Crippen LogP contribution in [0, 0.1) is 0 Å². The Bertz CT molecular complexity index is 858. The summed E-state index contributed by atoms with van der Waals surface area (Å²) < 4.78 is 12.5. The van der Waals surface area contributed by atoms with Gasteiger partial charge in [-0.2, -0.15) is 0 Å². The zero-order valence-electron chi connectivity index (χ0n) is 13.2. The van der Waals surface area contributed by atoms with Gasteiger partial charge in [-0.25, -0.2) is 9.78 Å². The van der Waals surface area contributed by atoms with E-state index >= 15 is 0 Å². The number of aromatic nitrogens is 2. The lowest BCUT2D eigenvalue weighted by Gasteiger charge is -2.19. The molecule has 3 rings (SSSR count). The van der Waals surface area contributed by atoms with Crippen molar-refractivity contribution in [3.63, 3.8) is 0 Å². The highest BCUT2D eigenvalue weighted by Crippen LogP contribution is 2.29. The number of ether oxygens (including phenoxy) is 1. The van der Waals surface area contributed by atoms with Crippen LogP contribution in [-0.4, -0.2) is 21.2 Å². The molecule has 0 spiro atoms. The van der Waals surface area contributed by atoms with E-state index in [1.807, 2.05) is 45.0 Å². The molecule has 23 heavy (non-hydrogen) atoms. The molecule has 0 bridgehead atoms. The van der Waals surface area contributed by atoms with Crippen molar-refractivity contribution in [2.75, 3.05) is 0 Å². The third-order valence-electron chi connectivity index (χ3n) is 3.24. The Morgan fingerprint density at radius 2 is 2.13 bits per heavy atom. The van der Waals surface area contributed by atoms with Crippen LogP contribution in [0.1, 0.15) is 26.5 Å². The summed E-state index contributed by atoms with van der Waals surface area (Å²) in [6.45, 7) is 5.53. The minimum atomic E-state index is -0.543. The fourth-order valence-corrected chi connectivity index (χ4v) is 2.57. The Morgan fingerprint density at radius 1 is 1.35 bits per heavy atom. The predicted molar refractivity (Wildman–Crippen MR) is 91.7 cm³/mol. The number of fused-ring (bicyclic) bond motifs is 1. The average Bonchev–Trinajstić information content (AvgIpc) is 3.11. The molecule has 0 N–H and O–H groups in total. The summed E-state index contributed by atoms with van der Waals surface area (Å²) in [5.41, 5.74) is 1.88. The number of hydrogen-bond donors (Lipinski definition) is 0. The molecule has 1 aromatic carbocycles. The Labute approximate surface area is 142 Å². The average molecular weight is 377 g/mol. The van der Waals surface area contributed by atoms with Crippen molar-refractivity contribution in [1.82, 2.24) is 9.55 Å². The van der Waals surface area contributed by atoms with E-state index in [2.05, 4.69) is 20.9 Å². The summed E-state index contributed by atoms with van der Waals surface area (Å²) >= 11 is 3.36. The second-order valence-corrected chi connectivity index (χ2v) is 6.74. The first-order chi connectivity index (χ1) is 10.9. The monoisotopic (exact) mass is 376 g/mol. The fraction of sp³-hybridized carbons (Fsp3) is 0.294. The zero-order chi connectivity index (χ0) is 16.6. The molecule has 120 valence electrons. The lowest BCUT2D eigenvalue weighted by Crippen LogP contribution is -2.26. The van der Waals surface area contributed by atoms with E-state index in [4.69, 9.17) is 9.15 Å². The van der Waals surface area contributed by atoms with E-state index in [1.165, 1.54) is 4.57 Å². The molecule has 0 aliphatic heterocycles. The first-order valence-corrected chi connectivity index (χ1v) is 8.35. The van der Waals surface area contributed by atoms with Gasteiger partial charge >= 0.3 is 6.09 Å². The van der Waals surface area contributed by atoms with Crippen LogP contribution in [0.5, 0.6) is 0 Å². The van der Waals surface area contributed by atoms with Gasteiger partial charge in [0, 0.05) is 22.5 Å². The minimum Gasteiger partial charge on any atom is -0.444 e. The molecule has 0 aliphatic carbocycles. The van der Waals surface area contributed by atoms with Crippen molar-refractivity contribution >= 4 is 32.9 Å². The minimum absolute atomic E-state index is 0.404. The van der Waals surface area contributed by atoms with Crippen LogP contribution in [-0.2, 0) is 10.1 Å². The third-order valence-corrected chi connectivity index (χ3v) is 3.82. The van der Waals surface area contributed by atoms with E-state index in [0.717, 1.165) is 22.2 Å². The van der Waals surface area contributed by atoms with E-state index in [9.17, 15) is 4.79 Å². The summed E-state index contributed by atoms with van der Waals surface area (Å²) in [6.07, 6.45) is 2.92. The largest absolute Gasteiger partial charge is 0.444 e. The first kappa shape index (κ1) is 15.8. The van der Waals surface area contributed by atoms with E-state index in [1.54, 1.807) is 12.5 Å². The van der Waals surface area contributed by atoms with Crippen LogP contribution < -0.4 is 0 Å². The smallest absolute Gasteiger partial charge is 0.418 e. The maximum absolute atomic E-state index is 12.3. The molecule has 0 fully saturated rings. The lowest BCUT2D eigenvalue weighted by molar-refractivity contribution is 0.0544. The van der Waals surface area contributed by atoms with Crippen LogP contribution in [0.4, 0.5) is 4.79 Å². The van der Waals surface area contributed by atoms with Crippen LogP contribution in [0.15, 0.2) is 41.1 Å². The van der Waals surface area contributed by atoms with Crippen molar-refractivity contribution in [3.8, 4) is 11.5 Å². The maximum atomic E-state index is 12.3. The van der Waals surface area contributed by atoms with Gasteiger partial charge in [-0.3, -0.25) is 4.57 Å². The standard InChI is InChI=1S/C17H17BrN2O3/c1-17(2,3)23-16(21)20-8-7-12-13(5-4-6-14(12)20)15-19-11(9-18)10-22-15/h4-8,10H,9H2,1-3H3. The van der Waals surface area contributed by atoms with Gasteiger partial charge in [-0.15, -0.1) is 0 Å². The number of nitrogens with zero attached hydrogens (tertiary/aromatic N) is 2. The van der Waals surface area contributed by atoms with Crippen molar-refractivity contribution in [2.45, 2.75) is 31.7 Å². The second-order valence-electron chi connectivity index (χ2n) is 6.18. The number of alkyl halides is 1. The van der Waals surface area contributed by atoms with Crippen molar-refractivity contribution < 1.29 is 13.9 Å². The van der Waals surface area contributed by atoms with Crippen LogP contribution in [0.25, 0.3) is 22.4 Å². The molecule has 0 saturated carbocycles. The molecule has 2 aromatic heterocycles. The normalized spacial score (nSPS) is 11.8. The Kier molecular flexibility index (Phi) is 4.02. The number of carbonyl (C=O) groups excluding carboxylic acids is 1. The van der Waals surface area contributed by atoms with Crippen molar-refractivity contribution in [3.05, 3.63) is 42.4 Å². The Balaban J connectivity index is 2.05. The van der Waals surface area contributed by atoms with Gasteiger partial charge in [-0.05, 0) is 39.0 Å². The highest BCUT2D eigenvalue weighted by atomic mass is 79.9. The van der Waals surface area contributed by atoms with E-state index < -0.39 is 11.7 Å². The highest BCUT2D eigenvalue weighted by Gasteiger charge is 2.20. The summed E-state index contributed by atoms with van der Waals surface area (Å²) in [5, 5.41) is 1.52. The van der Waals surface area contributed by atoms with E-state index in [0.29, 0.717) is 11.2 Å². The van der Waals surface area contributed by atoms with Crippen LogP contribution >= 0.6 is 15.9 Å². The Hall–Kier alpha value is -2.08. The van der Waals surface area contributed by atoms with Gasteiger partial charge in [0.1, 0.15) is 11.9 Å². The van der Waals surface area contributed by atoms with E-state index in [-0.39, 0.29) is 0 Å². The number of halogens is 1. The number of benzene rings is 1. The summed E-state index contributed by atoms with van der Waals surface area (Å²) in [5.74, 6) is 0.534. The van der Waals surface area contributed by atoms with Crippen molar-refractivity contribution in [1.29, 1.82) is 0 Å². The number of hydrogen-bond acceptors (Lipinski definition) is 4. The number of oxazole rings is 1. The Morgan fingerprint density at radius 3 is 2.78 bits per heavy atom. The highest BCUT2D eigenvalue weighted by molar-refractivity contribution is 9.08. The van der Waals surface area contributed by atoms with Gasteiger partial charge in [0.05, 0.1) is 11.2 Å². The fourth-order valence-electron chi connectivity index (χ4n) is 2.32. The predicted octanol–water partition coefficient (Wildman–Crippen LogP) is 4.97. The molecule has 0 radical (unpaired) electrons. The molecular weight excluding hydrogens is 360 g/mol. The molecule has 3 aromatic rings. The zero-order valence-corrected chi connectivity index (χ0v) is 14.8. The first-order valence-electron chi connectivity index (χ1n) is 7.23. The van der Waals surface area contributed by atoms with Crippen molar-refractivity contribution in [2.24, 2.45) is 0 Å². The van der Waals surface area contributed by atoms with Crippen LogP contribution in [0.3, 0.4) is 0 Å². The quantitative estimate of drug-likeness (QED) is 0.592. The third kappa shape index (κ3) is 3.17. The SMILES string of the molecule is CC(C)(C)OC(=O)n1ccc2c(-c3nc(CBr)co3)cccc21. The van der Waals surface area contributed by atoms with Gasteiger partial charge in [0.25, 0.3) is 0 Å².